The van der Waals surface area contributed by atoms with Crippen LogP contribution in [0.15, 0.2) is 0 Å². The molecule has 0 bridgehead atoms. The third kappa shape index (κ3) is 4.55. The number of amides is 1. The predicted octanol–water partition coefficient (Wildman–Crippen LogP) is 0.211. The van der Waals surface area contributed by atoms with Gasteiger partial charge in [0.2, 0.25) is 5.91 Å². The number of nitrogens with one attached hydrogen (secondary N) is 2. The van der Waals surface area contributed by atoms with Crippen LogP contribution in [0.3, 0.4) is 0 Å². The lowest BCUT2D eigenvalue weighted by Crippen LogP contribution is -2.49. The molecular weight excluding hydrogens is 230 g/mol. The molecule has 1 rings (SSSR count). The van der Waals surface area contributed by atoms with Gasteiger partial charge in [-0.25, -0.2) is 0 Å². The minimum atomic E-state index is -0.0339. The molecule has 0 aromatic rings. The lowest BCUT2D eigenvalue weighted by Gasteiger charge is -2.29. The van der Waals surface area contributed by atoms with Crippen molar-refractivity contribution >= 4 is 5.91 Å². The zero-order chi connectivity index (χ0) is 13.4. The Hall–Kier alpha value is -0.650. The van der Waals surface area contributed by atoms with E-state index in [9.17, 15) is 4.79 Å². The number of ether oxygens (including phenoxy) is 1. The van der Waals surface area contributed by atoms with Gasteiger partial charge in [-0.2, -0.15) is 0 Å². The first-order chi connectivity index (χ1) is 8.70. The minimum absolute atomic E-state index is 0.0339. The molecule has 0 aliphatic carbocycles. The van der Waals surface area contributed by atoms with Crippen LogP contribution in [0.25, 0.3) is 0 Å². The van der Waals surface area contributed by atoms with Gasteiger partial charge in [0, 0.05) is 32.8 Å². The number of likely N-dealkylation sites (tertiary alicyclic amines) is 1. The summed E-state index contributed by atoms with van der Waals surface area (Å²) in [5, 5.41) is 6.18. The van der Waals surface area contributed by atoms with E-state index in [0.717, 1.165) is 19.5 Å². The fraction of sp³-hybridized carbons (Fsp3) is 0.923. The average molecular weight is 257 g/mol. The molecule has 0 spiro atoms. The first-order valence-corrected chi connectivity index (χ1v) is 6.87. The minimum Gasteiger partial charge on any atom is -0.385 e. The molecule has 2 unspecified atom stereocenters. The van der Waals surface area contributed by atoms with Crippen molar-refractivity contribution in [1.29, 1.82) is 0 Å². The molecule has 1 amide bonds. The summed E-state index contributed by atoms with van der Waals surface area (Å²) in [7, 11) is 3.64. The van der Waals surface area contributed by atoms with E-state index in [1.807, 2.05) is 14.0 Å². The van der Waals surface area contributed by atoms with Crippen LogP contribution in [0.5, 0.6) is 0 Å². The number of hydrogen-bond donors (Lipinski definition) is 2. The summed E-state index contributed by atoms with van der Waals surface area (Å²) >= 11 is 0. The van der Waals surface area contributed by atoms with Crippen molar-refractivity contribution in [2.24, 2.45) is 0 Å². The molecule has 1 saturated heterocycles. The van der Waals surface area contributed by atoms with Gasteiger partial charge in [0.1, 0.15) is 0 Å². The van der Waals surface area contributed by atoms with Crippen molar-refractivity contribution in [3.63, 3.8) is 0 Å². The van der Waals surface area contributed by atoms with Crippen molar-refractivity contribution in [2.75, 3.05) is 40.4 Å². The Bertz CT molecular complexity index is 248. The fourth-order valence-corrected chi connectivity index (χ4v) is 2.55. The van der Waals surface area contributed by atoms with Crippen LogP contribution in [0.4, 0.5) is 0 Å². The van der Waals surface area contributed by atoms with E-state index in [1.165, 1.54) is 12.8 Å². The summed E-state index contributed by atoms with van der Waals surface area (Å²) in [4.78, 5) is 14.3. The first-order valence-electron chi connectivity index (χ1n) is 6.87. The monoisotopic (exact) mass is 257 g/mol. The zero-order valence-electron chi connectivity index (χ0n) is 11.9. The molecule has 2 N–H and O–H groups in total. The van der Waals surface area contributed by atoms with Gasteiger partial charge in [-0.3, -0.25) is 9.69 Å². The normalized spacial score (nSPS) is 22.1. The zero-order valence-corrected chi connectivity index (χ0v) is 11.9. The maximum absolute atomic E-state index is 12.0. The molecule has 106 valence electrons. The molecule has 2 atom stereocenters. The van der Waals surface area contributed by atoms with E-state index >= 15 is 0 Å². The van der Waals surface area contributed by atoms with E-state index in [2.05, 4.69) is 15.5 Å². The average Bonchev–Trinajstić information content (AvgIpc) is 2.82. The van der Waals surface area contributed by atoms with E-state index in [4.69, 9.17) is 4.74 Å². The highest BCUT2D eigenvalue weighted by Gasteiger charge is 2.31. The lowest BCUT2D eigenvalue weighted by molar-refractivity contribution is -0.126. The highest BCUT2D eigenvalue weighted by Crippen LogP contribution is 2.19. The second-order valence-electron chi connectivity index (χ2n) is 4.90. The van der Waals surface area contributed by atoms with Crippen LogP contribution >= 0.6 is 0 Å². The van der Waals surface area contributed by atoms with Crippen LogP contribution < -0.4 is 10.6 Å². The van der Waals surface area contributed by atoms with Crippen molar-refractivity contribution < 1.29 is 9.53 Å². The Morgan fingerprint density at radius 2 is 2.33 bits per heavy atom. The number of carbonyl (C=O) groups excluding carboxylic acids is 1. The Morgan fingerprint density at radius 3 is 3.00 bits per heavy atom. The van der Waals surface area contributed by atoms with Gasteiger partial charge in [-0.1, -0.05) is 0 Å². The quantitative estimate of drug-likeness (QED) is 0.611. The number of rotatable bonds is 8. The largest absolute Gasteiger partial charge is 0.385 e. The molecule has 0 saturated carbocycles. The SMILES string of the molecule is CNCC1CCCN1C(C)C(=O)NCCCOC. The van der Waals surface area contributed by atoms with Crippen LogP contribution in [0, 0.1) is 0 Å². The molecule has 0 aromatic heterocycles. The number of hydrogen-bond acceptors (Lipinski definition) is 4. The van der Waals surface area contributed by atoms with E-state index in [1.54, 1.807) is 7.11 Å². The number of methoxy groups -OCH3 is 1. The second-order valence-corrected chi connectivity index (χ2v) is 4.90. The number of likely N-dealkylation sites (N-methyl/N-ethyl adjacent to an activating group) is 1. The van der Waals surface area contributed by atoms with Crippen molar-refractivity contribution in [1.82, 2.24) is 15.5 Å². The molecule has 1 fully saturated rings. The fourth-order valence-electron chi connectivity index (χ4n) is 2.55. The van der Waals surface area contributed by atoms with Crippen LogP contribution in [-0.4, -0.2) is 63.3 Å². The smallest absolute Gasteiger partial charge is 0.237 e. The molecule has 1 aliphatic rings. The summed E-state index contributed by atoms with van der Waals surface area (Å²) in [5.74, 6) is 0.133. The molecule has 18 heavy (non-hydrogen) atoms. The highest BCUT2D eigenvalue weighted by molar-refractivity contribution is 5.81. The Morgan fingerprint density at radius 1 is 1.56 bits per heavy atom. The standard InChI is InChI=1S/C13H27N3O2/c1-11(13(17)15-7-5-9-18-3)16-8-4-6-12(16)10-14-2/h11-12,14H,4-10H2,1-3H3,(H,15,17). The van der Waals surface area contributed by atoms with Gasteiger partial charge >= 0.3 is 0 Å². The van der Waals surface area contributed by atoms with Crippen LogP contribution in [0.1, 0.15) is 26.2 Å². The van der Waals surface area contributed by atoms with E-state index < -0.39 is 0 Å². The third-order valence-electron chi connectivity index (χ3n) is 3.56. The molecule has 5 nitrogen and oxygen atoms in total. The van der Waals surface area contributed by atoms with E-state index in [-0.39, 0.29) is 11.9 Å². The van der Waals surface area contributed by atoms with Crippen molar-refractivity contribution in [3.05, 3.63) is 0 Å². The third-order valence-corrected chi connectivity index (χ3v) is 3.56. The van der Waals surface area contributed by atoms with Crippen LogP contribution in [-0.2, 0) is 9.53 Å². The van der Waals surface area contributed by atoms with Gasteiger partial charge in [-0.05, 0) is 39.8 Å². The van der Waals surface area contributed by atoms with Crippen molar-refractivity contribution in [3.8, 4) is 0 Å². The maximum Gasteiger partial charge on any atom is 0.237 e. The summed E-state index contributed by atoms with van der Waals surface area (Å²) in [6.45, 7) is 5.38. The summed E-state index contributed by atoms with van der Waals surface area (Å²) in [6, 6.07) is 0.461. The highest BCUT2D eigenvalue weighted by atomic mass is 16.5. The summed E-state index contributed by atoms with van der Waals surface area (Å²) in [5.41, 5.74) is 0. The van der Waals surface area contributed by atoms with Crippen LogP contribution in [0.2, 0.25) is 0 Å². The predicted molar refractivity (Wildman–Crippen MR) is 72.6 cm³/mol. The number of nitrogens with zero attached hydrogens (tertiary/aromatic N) is 1. The topological polar surface area (TPSA) is 53.6 Å². The molecule has 0 aromatic carbocycles. The van der Waals surface area contributed by atoms with E-state index in [0.29, 0.717) is 19.2 Å². The molecule has 0 radical (unpaired) electrons. The van der Waals surface area contributed by atoms with Gasteiger partial charge in [0.05, 0.1) is 6.04 Å². The van der Waals surface area contributed by atoms with Gasteiger partial charge in [0.15, 0.2) is 0 Å². The van der Waals surface area contributed by atoms with Gasteiger partial charge in [0.25, 0.3) is 0 Å². The maximum atomic E-state index is 12.0. The van der Waals surface area contributed by atoms with Gasteiger partial charge in [-0.15, -0.1) is 0 Å². The molecule has 1 heterocycles. The molecule has 1 aliphatic heterocycles. The lowest BCUT2D eigenvalue weighted by atomic mass is 10.2. The van der Waals surface area contributed by atoms with Gasteiger partial charge < -0.3 is 15.4 Å². The Kier molecular flexibility index (Phi) is 7.23. The summed E-state index contributed by atoms with van der Waals surface area (Å²) in [6.07, 6.45) is 3.24. The number of carbonyl (C=O) groups is 1. The first kappa shape index (κ1) is 15.4. The molecule has 5 heteroatoms. The van der Waals surface area contributed by atoms with Crippen molar-refractivity contribution in [2.45, 2.75) is 38.3 Å². The summed E-state index contributed by atoms with van der Waals surface area (Å²) < 4.78 is 4.96. The second kappa shape index (κ2) is 8.45. The molecular formula is C13H27N3O2. The Balaban J connectivity index is 2.32. The Labute approximate surface area is 110 Å².